The molecule has 0 spiro atoms. The smallest absolute Gasteiger partial charge is 0.192 e. The Morgan fingerprint density at radius 3 is 1.82 bits per heavy atom. The van der Waals surface area contributed by atoms with Gasteiger partial charge in [-0.15, -0.1) is 0 Å². The van der Waals surface area contributed by atoms with Gasteiger partial charge in [0, 0.05) is 18.4 Å². The van der Waals surface area contributed by atoms with Gasteiger partial charge in [0.05, 0.1) is 25.9 Å². The van der Waals surface area contributed by atoms with Gasteiger partial charge in [-0.3, -0.25) is 0 Å². The minimum atomic E-state index is -2.08. The summed E-state index contributed by atoms with van der Waals surface area (Å²) in [5.41, 5.74) is 1.05. The maximum atomic E-state index is 12.0. The quantitative estimate of drug-likeness (QED) is 0.157. The number of ether oxygens (including phenoxy) is 2. The Balaban J connectivity index is 3.19. The predicted molar refractivity (Wildman–Crippen MR) is 165 cm³/mol. The van der Waals surface area contributed by atoms with Gasteiger partial charge in [-0.1, -0.05) is 74.4 Å². The van der Waals surface area contributed by atoms with E-state index < -0.39 is 16.6 Å². The van der Waals surface area contributed by atoms with Crippen LogP contribution >= 0.6 is 0 Å². The maximum absolute atomic E-state index is 12.0. The Bertz CT molecular complexity index is 839. The third-order valence-corrected chi connectivity index (χ3v) is 18.0. The van der Waals surface area contributed by atoms with Crippen LogP contribution in [0.15, 0.2) is 24.3 Å². The Labute approximate surface area is 236 Å². The van der Waals surface area contributed by atoms with Crippen molar-refractivity contribution in [3.05, 3.63) is 29.8 Å². The van der Waals surface area contributed by atoms with Gasteiger partial charge in [0.2, 0.25) is 0 Å². The molecular weight excluding hydrogens is 509 g/mol. The van der Waals surface area contributed by atoms with E-state index in [1.165, 1.54) is 0 Å². The van der Waals surface area contributed by atoms with Crippen LogP contribution in [0, 0.1) is 17.8 Å². The van der Waals surface area contributed by atoms with E-state index in [4.69, 9.17) is 18.3 Å². The summed E-state index contributed by atoms with van der Waals surface area (Å²) in [6.07, 6.45) is 1.64. The first kappa shape index (κ1) is 35.0. The molecule has 0 saturated heterocycles. The van der Waals surface area contributed by atoms with Crippen LogP contribution in [0.4, 0.5) is 0 Å². The fourth-order valence-electron chi connectivity index (χ4n) is 4.10. The Morgan fingerprint density at radius 2 is 1.37 bits per heavy atom. The number of aldehydes is 1. The first-order valence-corrected chi connectivity index (χ1v) is 20.1. The van der Waals surface area contributed by atoms with Crippen molar-refractivity contribution in [2.75, 3.05) is 13.7 Å². The lowest BCUT2D eigenvalue weighted by molar-refractivity contribution is -0.122. The standard InChI is InChI=1S/C31H58O5Si2/c1-23(19-20-35-37(11,12)30(4,5)6)29(36-38(13,14)31(7,8)9)25(3)28(24(2)21-32)34-22-26-15-17-27(33-10)18-16-26/h15-18,21,23-25,28-29H,19-20,22H2,1-14H3. The average Bonchev–Trinajstić information content (AvgIpc) is 2.81. The third-order valence-electron chi connectivity index (χ3n) is 9.01. The number of carbonyl (C=O) groups is 1. The molecule has 0 N–H and O–H groups in total. The molecule has 0 saturated carbocycles. The van der Waals surface area contributed by atoms with Crippen molar-refractivity contribution in [3.63, 3.8) is 0 Å². The molecule has 0 fully saturated rings. The maximum Gasteiger partial charge on any atom is 0.192 e. The van der Waals surface area contributed by atoms with E-state index in [0.29, 0.717) is 6.61 Å². The monoisotopic (exact) mass is 566 g/mol. The van der Waals surface area contributed by atoms with Crippen LogP contribution in [0.5, 0.6) is 5.75 Å². The summed E-state index contributed by atoms with van der Waals surface area (Å²) in [5.74, 6) is 0.862. The lowest BCUT2D eigenvalue weighted by Gasteiger charge is -2.45. The zero-order valence-corrected chi connectivity index (χ0v) is 28.9. The Hall–Kier alpha value is -0.996. The van der Waals surface area contributed by atoms with Gasteiger partial charge >= 0.3 is 0 Å². The van der Waals surface area contributed by atoms with Crippen LogP contribution in [-0.4, -0.2) is 48.8 Å². The molecule has 38 heavy (non-hydrogen) atoms. The number of hydrogen-bond acceptors (Lipinski definition) is 5. The molecule has 1 aromatic rings. The van der Waals surface area contributed by atoms with Crippen molar-refractivity contribution < 1.29 is 23.1 Å². The number of hydrogen-bond donors (Lipinski definition) is 0. The normalized spacial score (nSPS) is 17.4. The van der Waals surface area contributed by atoms with E-state index in [9.17, 15) is 4.79 Å². The topological polar surface area (TPSA) is 54.0 Å². The van der Waals surface area contributed by atoms with Crippen molar-refractivity contribution in [1.82, 2.24) is 0 Å². The molecule has 0 aliphatic carbocycles. The van der Waals surface area contributed by atoms with E-state index in [1.807, 2.05) is 31.2 Å². The van der Waals surface area contributed by atoms with Gasteiger partial charge in [-0.2, -0.15) is 0 Å². The molecule has 0 amide bonds. The fraction of sp³-hybridized carbons (Fsp3) is 0.774. The lowest BCUT2D eigenvalue weighted by atomic mass is 9.83. The number of rotatable bonds is 15. The fourth-order valence-corrected chi connectivity index (χ4v) is 6.64. The molecule has 0 aliphatic rings. The van der Waals surface area contributed by atoms with Crippen molar-refractivity contribution in [2.45, 2.75) is 124 Å². The summed E-state index contributed by atoms with van der Waals surface area (Å²) >= 11 is 0. The van der Waals surface area contributed by atoms with Crippen LogP contribution < -0.4 is 4.74 Å². The van der Waals surface area contributed by atoms with Gasteiger partial charge in [-0.25, -0.2) is 0 Å². The van der Waals surface area contributed by atoms with Gasteiger partial charge < -0.3 is 23.1 Å². The van der Waals surface area contributed by atoms with Crippen molar-refractivity contribution in [3.8, 4) is 5.75 Å². The highest BCUT2D eigenvalue weighted by Crippen LogP contribution is 2.41. The van der Waals surface area contributed by atoms with E-state index in [1.54, 1.807) is 7.11 Å². The summed E-state index contributed by atoms with van der Waals surface area (Å²) in [6, 6.07) is 7.90. The highest BCUT2D eigenvalue weighted by Gasteiger charge is 2.44. The van der Waals surface area contributed by atoms with Crippen molar-refractivity contribution >= 4 is 22.9 Å². The highest BCUT2D eigenvalue weighted by atomic mass is 28.4. The van der Waals surface area contributed by atoms with Gasteiger partial charge in [0.1, 0.15) is 12.0 Å². The molecule has 5 unspecified atom stereocenters. The summed E-state index contributed by atoms with van der Waals surface area (Å²) < 4.78 is 25.4. The molecule has 5 nitrogen and oxygen atoms in total. The molecular formula is C31H58O5Si2. The third kappa shape index (κ3) is 9.88. The lowest BCUT2D eigenvalue weighted by Crippen LogP contribution is -2.50. The van der Waals surface area contributed by atoms with Crippen LogP contribution in [0.25, 0.3) is 0 Å². The summed E-state index contributed by atoms with van der Waals surface area (Å²) in [6.45, 7) is 30.5. The summed E-state index contributed by atoms with van der Waals surface area (Å²) in [4.78, 5) is 12.0. The molecule has 5 atom stereocenters. The van der Waals surface area contributed by atoms with Gasteiger partial charge in [0.25, 0.3) is 0 Å². The van der Waals surface area contributed by atoms with E-state index in [-0.39, 0.29) is 40.0 Å². The highest BCUT2D eigenvalue weighted by molar-refractivity contribution is 6.74. The first-order chi connectivity index (χ1) is 17.3. The zero-order chi connectivity index (χ0) is 29.5. The summed E-state index contributed by atoms with van der Waals surface area (Å²) in [5, 5.41) is 0.262. The molecule has 0 heterocycles. The largest absolute Gasteiger partial charge is 0.497 e. The van der Waals surface area contributed by atoms with Crippen LogP contribution in [0.2, 0.25) is 36.3 Å². The predicted octanol–water partition coefficient (Wildman–Crippen LogP) is 8.49. The van der Waals surface area contributed by atoms with Crippen molar-refractivity contribution in [1.29, 1.82) is 0 Å². The second-order valence-electron chi connectivity index (χ2n) is 14.2. The van der Waals surface area contributed by atoms with Crippen LogP contribution in [-0.2, 0) is 25.0 Å². The van der Waals surface area contributed by atoms with Crippen LogP contribution in [0.3, 0.4) is 0 Å². The second-order valence-corrected chi connectivity index (χ2v) is 23.8. The number of methoxy groups -OCH3 is 1. The Morgan fingerprint density at radius 1 is 0.842 bits per heavy atom. The Kier molecular flexibility index (Phi) is 13.0. The second kappa shape index (κ2) is 14.1. The molecule has 220 valence electrons. The van der Waals surface area contributed by atoms with Gasteiger partial charge in [-0.05, 0) is 66.3 Å². The number of benzene rings is 1. The zero-order valence-electron chi connectivity index (χ0n) is 26.9. The minimum absolute atomic E-state index is 0.0328. The van der Waals surface area contributed by atoms with E-state index in [0.717, 1.165) is 30.6 Å². The molecule has 7 heteroatoms. The minimum Gasteiger partial charge on any atom is -0.497 e. The molecule has 0 aliphatic heterocycles. The first-order valence-electron chi connectivity index (χ1n) is 14.3. The average molecular weight is 567 g/mol. The molecule has 0 aromatic heterocycles. The van der Waals surface area contributed by atoms with Crippen molar-refractivity contribution in [2.24, 2.45) is 17.8 Å². The SMILES string of the molecule is COc1ccc(COC(C(C)C=O)C(C)C(O[Si](C)(C)C(C)(C)C)C(C)CCO[Si](C)(C)C(C)(C)C)cc1. The molecule has 1 rings (SSSR count). The van der Waals surface area contributed by atoms with E-state index in [2.05, 4.69) is 81.6 Å². The number of carbonyl (C=O) groups excluding carboxylic acids is 1. The summed E-state index contributed by atoms with van der Waals surface area (Å²) in [7, 11) is -2.24. The molecule has 0 radical (unpaired) electrons. The molecule has 1 aromatic carbocycles. The van der Waals surface area contributed by atoms with E-state index >= 15 is 0 Å². The van der Waals surface area contributed by atoms with Crippen LogP contribution in [0.1, 0.15) is 74.3 Å². The molecule has 0 bridgehead atoms. The van der Waals surface area contributed by atoms with Gasteiger partial charge in [0.15, 0.2) is 16.6 Å².